The van der Waals surface area contributed by atoms with Gasteiger partial charge in [0.2, 0.25) is 0 Å². The zero-order valence-electron chi connectivity index (χ0n) is 10.0. The number of pyridine rings is 1. The molecule has 1 heterocycles. The number of unbranched alkanes of at least 4 members (excludes halogenated alkanes) is 1. The van der Waals surface area contributed by atoms with Crippen molar-refractivity contribution in [2.75, 3.05) is 12.4 Å². The lowest BCUT2D eigenvalue weighted by Gasteiger charge is -2.21. The van der Waals surface area contributed by atoms with E-state index in [-0.39, 0.29) is 6.61 Å². The highest BCUT2D eigenvalue weighted by Crippen LogP contribution is 2.20. The van der Waals surface area contributed by atoms with Crippen LogP contribution >= 0.6 is 27.7 Å². The van der Waals surface area contributed by atoms with Gasteiger partial charge < -0.3 is 10.8 Å². The van der Waals surface area contributed by atoms with E-state index >= 15 is 0 Å². The molecule has 0 aromatic carbocycles. The molecule has 17 heavy (non-hydrogen) atoms. The smallest absolute Gasteiger partial charge is 0.0960 e. The van der Waals surface area contributed by atoms with Gasteiger partial charge in [-0.15, -0.1) is 11.8 Å². The predicted octanol–water partition coefficient (Wildman–Crippen LogP) is 2.82. The van der Waals surface area contributed by atoms with Gasteiger partial charge in [-0.3, -0.25) is 0 Å². The molecule has 1 atom stereocenters. The molecule has 1 aromatic rings. The highest BCUT2D eigenvalue weighted by Gasteiger charge is 2.15. The van der Waals surface area contributed by atoms with E-state index in [9.17, 15) is 0 Å². The second-order valence-corrected chi connectivity index (χ2v) is 6.46. The second-order valence-electron chi connectivity index (χ2n) is 4.43. The molecule has 96 valence electrons. The highest BCUT2D eigenvalue weighted by atomic mass is 79.9. The molecule has 3 N–H and O–H groups in total. The molecule has 0 aliphatic rings. The van der Waals surface area contributed by atoms with Crippen molar-refractivity contribution in [3.8, 4) is 0 Å². The molecule has 5 heteroatoms. The van der Waals surface area contributed by atoms with Crippen molar-refractivity contribution >= 4 is 27.7 Å². The zero-order chi connectivity index (χ0) is 12.7. The van der Waals surface area contributed by atoms with E-state index < -0.39 is 5.54 Å². The van der Waals surface area contributed by atoms with E-state index in [0.29, 0.717) is 0 Å². The number of hydrogen-bond acceptors (Lipinski definition) is 4. The van der Waals surface area contributed by atoms with Crippen molar-refractivity contribution in [2.45, 2.75) is 36.8 Å². The van der Waals surface area contributed by atoms with Crippen LogP contribution in [0.5, 0.6) is 0 Å². The summed E-state index contributed by atoms with van der Waals surface area (Å²) < 4.78 is 1.00. The Morgan fingerprint density at radius 2 is 2.24 bits per heavy atom. The van der Waals surface area contributed by atoms with Gasteiger partial charge in [0.25, 0.3) is 0 Å². The van der Waals surface area contributed by atoms with Crippen molar-refractivity contribution in [3.05, 3.63) is 22.8 Å². The third-order valence-electron chi connectivity index (χ3n) is 2.45. The molecule has 0 radical (unpaired) electrons. The summed E-state index contributed by atoms with van der Waals surface area (Å²) in [5, 5.41) is 10.1. The monoisotopic (exact) mass is 318 g/mol. The maximum Gasteiger partial charge on any atom is 0.0960 e. The quantitative estimate of drug-likeness (QED) is 0.599. The van der Waals surface area contributed by atoms with E-state index in [1.165, 1.54) is 0 Å². The van der Waals surface area contributed by atoms with Gasteiger partial charge in [0.05, 0.1) is 11.6 Å². The molecule has 0 saturated carbocycles. The van der Waals surface area contributed by atoms with Crippen LogP contribution in [0.1, 0.15) is 26.2 Å². The first kappa shape index (κ1) is 15.0. The van der Waals surface area contributed by atoms with Gasteiger partial charge in [-0.1, -0.05) is 6.42 Å². The normalized spacial score (nSPS) is 14.6. The number of hydrogen-bond donors (Lipinski definition) is 2. The summed E-state index contributed by atoms with van der Waals surface area (Å²) in [4.78, 5) is 4.29. The van der Waals surface area contributed by atoms with Crippen LogP contribution in [0.15, 0.2) is 27.8 Å². The Labute approximate surface area is 115 Å². The van der Waals surface area contributed by atoms with E-state index in [1.54, 1.807) is 11.8 Å². The standard InChI is InChI=1S/C12H19BrN2OS/c1-12(14,9-16)6-2-3-7-17-11-5-4-10(13)8-15-11/h4-5,8,16H,2-3,6-7,9,14H2,1H3. The topological polar surface area (TPSA) is 59.1 Å². The van der Waals surface area contributed by atoms with Crippen molar-refractivity contribution < 1.29 is 5.11 Å². The molecule has 0 saturated heterocycles. The molecular weight excluding hydrogens is 300 g/mol. The number of halogens is 1. The molecule has 1 aromatic heterocycles. The summed E-state index contributed by atoms with van der Waals surface area (Å²) in [5.74, 6) is 1.04. The van der Waals surface area contributed by atoms with E-state index in [4.69, 9.17) is 10.8 Å². The van der Waals surface area contributed by atoms with Crippen molar-refractivity contribution in [1.29, 1.82) is 0 Å². The third-order valence-corrected chi connectivity index (χ3v) is 3.95. The summed E-state index contributed by atoms with van der Waals surface area (Å²) >= 11 is 5.11. The molecule has 0 aliphatic carbocycles. The predicted molar refractivity (Wildman–Crippen MR) is 76.2 cm³/mol. The van der Waals surface area contributed by atoms with E-state index in [0.717, 1.165) is 34.5 Å². The Balaban J connectivity index is 2.14. The summed E-state index contributed by atoms with van der Waals surface area (Å²) in [6.07, 6.45) is 4.80. The lowest BCUT2D eigenvalue weighted by Crippen LogP contribution is -2.39. The highest BCUT2D eigenvalue weighted by molar-refractivity contribution is 9.10. The zero-order valence-corrected chi connectivity index (χ0v) is 12.4. The SMILES string of the molecule is CC(N)(CO)CCCCSc1ccc(Br)cn1. The molecule has 1 unspecified atom stereocenters. The summed E-state index contributed by atoms with van der Waals surface area (Å²) in [5.41, 5.74) is 5.42. The van der Waals surface area contributed by atoms with Crippen molar-refractivity contribution in [2.24, 2.45) is 5.73 Å². The van der Waals surface area contributed by atoms with Gasteiger partial charge in [-0.2, -0.15) is 0 Å². The van der Waals surface area contributed by atoms with Crippen LogP contribution in [0.4, 0.5) is 0 Å². The van der Waals surface area contributed by atoms with Gasteiger partial charge in [-0.25, -0.2) is 4.98 Å². The van der Waals surface area contributed by atoms with Crippen LogP contribution in [0, 0.1) is 0 Å². The van der Waals surface area contributed by atoms with Crippen LogP contribution < -0.4 is 5.73 Å². The average molecular weight is 319 g/mol. The number of nitrogens with two attached hydrogens (primary N) is 1. The Morgan fingerprint density at radius 3 is 2.82 bits per heavy atom. The molecule has 0 spiro atoms. The Hall–Kier alpha value is -0.100. The molecule has 0 amide bonds. The minimum atomic E-state index is -0.430. The second kappa shape index (κ2) is 7.36. The molecule has 1 rings (SSSR count). The van der Waals surface area contributed by atoms with Crippen LogP contribution in [0.2, 0.25) is 0 Å². The average Bonchev–Trinajstić information content (AvgIpc) is 2.31. The first-order valence-electron chi connectivity index (χ1n) is 5.67. The van der Waals surface area contributed by atoms with Gasteiger partial charge in [-0.05, 0) is 53.6 Å². The van der Waals surface area contributed by atoms with E-state index in [1.807, 2.05) is 25.3 Å². The molecule has 0 bridgehead atoms. The fourth-order valence-corrected chi connectivity index (χ4v) is 2.42. The molecule has 0 aliphatic heterocycles. The first-order chi connectivity index (χ1) is 8.03. The molecule has 3 nitrogen and oxygen atoms in total. The third kappa shape index (κ3) is 6.41. The summed E-state index contributed by atoms with van der Waals surface area (Å²) in [6.45, 7) is 1.94. The van der Waals surface area contributed by atoms with Crippen molar-refractivity contribution in [3.63, 3.8) is 0 Å². The van der Waals surface area contributed by atoms with Crippen molar-refractivity contribution in [1.82, 2.24) is 4.98 Å². The minimum Gasteiger partial charge on any atom is -0.394 e. The van der Waals surface area contributed by atoms with Gasteiger partial charge in [0.1, 0.15) is 0 Å². The number of nitrogens with zero attached hydrogens (tertiary/aromatic N) is 1. The van der Waals surface area contributed by atoms with Crippen LogP contribution in [-0.4, -0.2) is 28.0 Å². The summed E-state index contributed by atoms with van der Waals surface area (Å²) in [7, 11) is 0. The van der Waals surface area contributed by atoms with Crippen LogP contribution in [-0.2, 0) is 0 Å². The van der Waals surface area contributed by atoms with Crippen LogP contribution in [0.3, 0.4) is 0 Å². The Morgan fingerprint density at radius 1 is 1.47 bits per heavy atom. The maximum absolute atomic E-state index is 9.01. The summed E-state index contributed by atoms with van der Waals surface area (Å²) in [6, 6.07) is 4.01. The lowest BCUT2D eigenvalue weighted by atomic mass is 9.98. The fraction of sp³-hybridized carbons (Fsp3) is 0.583. The van der Waals surface area contributed by atoms with E-state index in [2.05, 4.69) is 20.9 Å². The van der Waals surface area contributed by atoms with Gasteiger partial charge >= 0.3 is 0 Å². The lowest BCUT2D eigenvalue weighted by molar-refractivity contribution is 0.198. The fourth-order valence-electron chi connectivity index (χ4n) is 1.33. The molecule has 0 fully saturated rings. The number of aromatic nitrogens is 1. The minimum absolute atomic E-state index is 0.0500. The maximum atomic E-state index is 9.01. The first-order valence-corrected chi connectivity index (χ1v) is 7.45. The number of aliphatic hydroxyl groups is 1. The largest absolute Gasteiger partial charge is 0.394 e. The van der Waals surface area contributed by atoms with Gasteiger partial charge in [0.15, 0.2) is 0 Å². The Kier molecular flexibility index (Phi) is 6.48. The number of rotatable bonds is 7. The molecular formula is C12H19BrN2OS. The number of aliphatic hydroxyl groups excluding tert-OH is 1. The Bertz CT molecular complexity index is 330. The van der Waals surface area contributed by atoms with Gasteiger partial charge in [0, 0.05) is 16.2 Å². The number of thioether (sulfide) groups is 1. The van der Waals surface area contributed by atoms with Crippen LogP contribution in [0.25, 0.3) is 0 Å².